The summed E-state index contributed by atoms with van der Waals surface area (Å²) in [5.41, 5.74) is 5.27. The van der Waals surface area contributed by atoms with Crippen LogP contribution in [0.3, 0.4) is 0 Å². The molecule has 0 spiro atoms. The fourth-order valence-electron chi connectivity index (χ4n) is 1.58. The molecule has 1 aliphatic rings. The van der Waals surface area contributed by atoms with E-state index in [1.165, 1.54) is 15.6 Å². The number of aromatic nitrogens is 1. The van der Waals surface area contributed by atoms with Crippen LogP contribution in [0.5, 0.6) is 0 Å². The second kappa shape index (κ2) is 5.04. The Kier molecular flexibility index (Phi) is 3.66. The number of hydrogen-bond acceptors (Lipinski definition) is 5. The maximum Gasteiger partial charge on any atom is 0.236 e. The van der Waals surface area contributed by atoms with Crippen LogP contribution in [0, 0.1) is 11.8 Å². The summed E-state index contributed by atoms with van der Waals surface area (Å²) < 4.78 is 25.1. The minimum absolute atomic E-state index is 0.205. The van der Waals surface area contributed by atoms with Gasteiger partial charge >= 0.3 is 0 Å². The third-order valence-corrected chi connectivity index (χ3v) is 5.25. The zero-order valence-corrected chi connectivity index (χ0v) is 10.9. The van der Waals surface area contributed by atoms with Gasteiger partial charge in [0.1, 0.15) is 0 Å². The van der Waals surface area contributed by atoms with Crippen molar-refractivity contribution in [1.29, 1.82) is 0 Å². The molecule has 1 aliphatic heterocycles. The Morgan fingerprint density at radius 1 is 1.53 bits per heavy atom. The van der Waals surface area contributed by atoms with Crippen molar-refractivity contribution in [3.63, 3.8) is 0 Å². The number of thiazole rings is 1. The molecule has 0 atom stereocenters. The van der Waals surface area contributed by atoms with Crippen molar-refractivity contribution < 1.29 is 8.42 Å². The van der Waals surface area contributed by atoms with Crippen molar-refractivity contribution >= 4 is 26.5 Å². The van der Waals surface area contributed by atoms with Gasteiger partial charge < -0.3 is 5.73 Å². The molecule has 0 aromatic carbocycles. The van der Waals surface area contributed by atoms with Crippen LogP contribution in [-0.4, -0.2) is 32.2 Å². The lowest BCUT2D eigenvalue weighted by atomic mass is 10.3. The van der Waals surface area contributed by atoms with E-state index in [9.17, 15) is 8.42 Å². The molecule has 1 fully saturated rings. The van der Waals surface area contributed by atoms with Gasteiger partial charge in [-0.3, -0.25) is 0 Å². The molecule has 7 heteroatoms. The summed E-state index contributed by atoms with van der Waals surface area (Å²) in [5, 5.41) is 0.506. The Morgan fingerprint density at radius 2 is 2.35 bits per heavy atom. The molecule has 0 saturated carbocycles. The topological polar surface area (TPSA) is 76.3 Å². The molecule has 0 bridgehead atoms. The summed E-state index contributed by atoms with van der Waals surface area (Å²) in [6, 6.07) is 0. The predicted octanol–water partition coefficient (Wildman–Crippen LogP) is 0.383. The highest BCUT2D eigenvalue weighted by atomic mass is 32.2. The third-order valence-electron chi connectivity index (χ3n) is 2.37. The third kappa shape index (κ3) is 2.77. The molecule has 92 valence electrons. The number of rotatable bonds is 1. The van der Waals surface area contributed by atoms with Crippen molar-refractivity contribution in [1.82, 2.24) is 4.98 Å². The van der Waals surface area contributed by atoms with E-state index in [4.69, 9.17) is 5.73 Å². The van der Waals surface area contributed by atoms with Crippen molar-refractivity contribution in [2.24, 2.45) is 5.73 Å². The normalized spacial score (nSPS) is 18.5. The lowest BCUT2D eigenvalue weighted by Crippen LogP contribution is -2.37. The van der Waals surface area contributed by atoms with E-state index in [2.05, 4.69) is 16.8 Å². The first kappa shape index (κ1) is 12.4. The van der Waals surface area contributed by atoms with Crippen molar-refractivity contribution in [3.05, 3.63) is 11.1 Å². The van der Waals surface area contributed by atoms with E-state index in [0.717, 1.165) is 17.7 Å². The average Bonchev–Trinajstić information content (AvgIpc) is 2.74. The van der Waals surface area contributed by atoms with Gasteiger partial charge in [-0.2, -0.15) is 0 Å². The fourth-order valence-corrected chi connectivity index (χ4v) is 4.24. The van der Waals surface area contributed by atoms with Crippen LogP contribution in [0.25, 0.3) is 0 Å². The van der Waals surface area contributed by atoms with Gasteiger partial charge in [0, 0.05) is 6.54 Å². The van der Waals surface area contributed by atoms with Gasteiger partial charge in [0.05, 0.1) is 23.4 Å². The van der Waals surface area contributed by atoms with Crippen LogP contribution in [0.15, 0.2) is 6.20 Å². The minimum Gasteiger partial charge on any atom is -0.320 e. The highest BCUT2D eigenvalue weighted by Crippen LogP contribution is 2.27. The molecule has 2 N–H and O–H groups in total. The first-order valence-corrected chi connectivity index (χ1v) is 7.71. The molecule has 2 heterocycles. The zero-order valence-electron chi connectivity index (χ0n) is 9.22. The summed E-state index contributed by atoms with van der Waals surface area (Å²) in [5.74, 6) is 5.78. The SMILES string of the molecule is NCC#Cc1cnc(N2CCCCS2(=O)=O)s1. The van der Waals surface area contributed by atoms with Gasteiger partial charge in [-0.1, -0.05) is 23.2 Å². The van der Waals surface area contributed by atoms with Crippen LogP contribution >= 0.6 is 11.3 Å². The molecular weight excluding hydrogens is 258 g/mol. The molecule has 1 aromatic heterocycles. The van der Waals surface area contributed by atoms with Crippen LogP contribution in [0.2, 0.25) is 0 Å². The van der Waals surface area contributed by atoms with E-state index in [0.29, 0.717) is 11.7 Å². The summed E-state index contributed by atoms with van der Waals surface area (Å²) >= 11 is 1.29. The maximum absolute atomic E-state index is 11.8. The monoisotopic (exact) mass is 271 g/mol. The summed E-state index contributed by atoms with van der Waals surface area (Å²) in [6.07, 6.45) is 3.19. The van der Waals surface area contributed by atoms with Gasteiger partial charge in [0.15, 0.2) is 5.13 Å². The average molecular weight is 271 g/mol. The zero-order chi connectivity index (χ0) is 12.3. The van der Waals surface area contributed by atoms with Crippen molar-refractivity contribution in [2.75, 3.05) is 23.1 Å². The Balaban J connectivity index is 2.25. The van der Waals surface area contributed by atoms with Crippen LogP contribution in [-0.2, 0) is 10.0 Å². The number of nitrogens with zero attached hydrogens (tertiary/aromatic N) is 2. The van der Waals surface area contributed by atoms with Gasteiger partial charge in [0.25, 0.3) is 0 Å². The lowest BCUT2D eigenvalue weighted by Gasteiger charge is -2.25. The van der Waals surface area contributed by atoms with E-state index in [-0.39, 0.29) is 12.3 Å². The smallest absolute Gasteiger partial charge is 0.236 e. The van der Waals surface area contributed by atoms with Crippen LogP contribution in [0.4, 0.5) is 5.13 Å². The number of sulfonamides is 1. The van der Waals surface area contributed by atoms with Crippen molar-refractivity contribution in [2.45, 2.75) is 12.8 Å². The Labute approximate surface area is 105 Å². The molecule has 1 aromatic rings. The van der Waals surface area contributed by atoms with E-state index < -0.39 is 10.0 Å². The van der Waals surface area contributed by atoms with Gasteiger partial charge in [-0.15, -0.1) is 0 Å². The second-order valence-electron chi connectivity index (χ2n) is 3.61. The van der Waals surface area contributed by atoms with Crippen LogP contribution in [0.1, 0.15) is 17.7 Å². The fraction of sp³-hybridized carbons (Fsp3) is 0.500. The van der Waals surface area contributed by atoms with Gasteiger partial charge in [0.2, 0.25) is 10.0 Å². The minimum atomic E-state index is -3.18. The van der Waals surface area contributed by atoms with Gasteiger partial charge in [-0.25, -0.2) is 17.7 Å². The number of anilines is 1. The highest BCUT2D eigenvalue weighted by molar-refractivity contribution is 7.93. The molecule has 2 rings (SSSR count). The van der Waals surface area contributed by atoms with Gasteiger partial charge in [-0.05, 0) is 12.8 Å². The molecule has 0 amide bonds. The largest absolute Gasteiger partial charge is 0.320 e. The second-order valence-corrected chi connectivity index (χ2v) is 6.63. The molecule has 0 unspecified atom stereocenters. The maximum atomic E-state index is 11.8. The van der Waals surface area contributed by atoms with E-state index in [1.807, 2.05) is 0 Å². The predicted molar refractivity (Wildman–Crippen MR) is 68.4 cm³/mol. The molecule has 17 heavy (non-hydrogen) atoms. The summed E-state index contributed by atoms with van der Waals surface area (Å²) in [4.78, 5) is 4.85. The quantitative estimate of drug-likeness (QED) is 0.749. The molecule has 0 aliphatic carbocycles. The summed E-state index contributed by atoms with van der Waals surface area (Å²) in [6.45, 7) is 0.800. The lowest BCUT2D eigenvalue weighted by molar-refractivity contribution is 0.574. The van der Waals surface area contributed by atoms with Crippen molar-refractivity contribution in [3.8, 4) is 11.8 Å². The molecular formula is C10H13N3O2S2. The molecule has 1 saturated heterocycles. The summed E-state index contributed by atoms with van der Waals surface area (Å²) in [7, 11) is -3.18. The number of hydrogen-bond donors (Lipinski definition) is 1. The standard InChI is InChI=1S/C10H13N3O2S2/c11-5-3-4-9-8-12-10(16-9)13-6-1-2-7-17(13,14)15/h8H,1-2,5-7,11H2. The molecule has 0 radical (unpaired) electrons. The van der Waals surface area contributed by atoms with E-state index >= 15 is 0 Å². The Hall–Kier alpha value is -1.10. The molecule has 5 nitrogen and oxygen atoms in total. The first-order chi connectivity index (χ1) is 8.13. The first-order valence-electron chi connectivity index (χ1n) is 5.28. The highest BCUT2D eigenvalue weighted by Gasteiger charge is 2.27. The van der Waals surface area contributed by atoms with E-state index in [1.54, 1.807) is 6.20 Å². The van der Waals surface area contributed by atoms with Crippen LogP contribution < -0.4 is 10.0 Å². The Bertz CT molecular complexity index is 554. The number of nitrogens with two attached hydrogens (primary N) is 1. The Morgan fingerprint density at radius 3 is 3.06 bits per heavy atom.